The van der Waals surface area contributed by atoms with Gasteiger partial charge >= 0.3 is 0 Å². The molecule has 118 valence electrons. The summed E-state index contributed by atoms with van der Waals surface area (Å²) in [5.41, 5.74) is 2.66. The zero-order chi connectivity index (χ0) is 16.1. The fourth-order valence-electron chi connectivity index (χ4n) is 2.98. The van der Waals surface area contributed by atoms with Crippen LogP contribution in [0.4, 0.5) is 5.69 Å². The van der Waals surface area contributed by atoms with Crippen molar-refractivity contribution in [2.24, 2.45) is 0 Å². The number of hydrogen-bond acceptors (Lipinski definition) is 3. The lowest BCUT2D eigenvalue weighted by Crippen LogP contribution is -2.26. The smallest absolute Gasteiger partial charge is 0.219 e. The van der Waals surface area contributed by atoms with Crippen molar-refractivity contribution in [3.63, 3.8) is 0 Å². The van der Waals surface area contributed by atoms with Crippen LogP contribution in [0.15, 0.2) is 24.8 Å². The number of phenolic OH excluding ortho intramolecular Hbond substituents is 1. The number of fused-ring (bicyclic) bond motifs is 1. The Morgan fingerprint density at radius 3 is 2.95 bits per heavy atom. The predicted octanol–water partition coefficient (Wildman–Crippen LogP) is 2.10. The first-order valence-corrected chi connectivity index (χ1v) is 7.56. The second kappa shape index (κ2) is 7.11. The van der Waals surface area contributed by atoms with Gasteiger partial charge in [-0.2, -0.15) is 0 Å². The molecule has 0 saturated heterocycles. The van der Waals surface area contributed by atoms with E-state index in [1.807, 2.05) is 6.92 Å². The van der Waals surface area contributed by atoms with Crippen molar-refractivity contribution in [2.45, 2.75) is 32.1 Å². The van der Waals surface area contributed by atoms with Crippen LogP contribution in [0.1, 0.15) is 36.8 Å². The monoisotopic (exact) mass is 302 g/mol. The van der Waals surface area contributed by atoms with E-state index in [0.717, 1.165) is 29.6 Å². The summed E-state index contributed by atoms with van der Waals surface area (Å²) in [4.78, 5) is 24.3. The molecular weight excluding hydrogens is 280 g/mol. The third-order valence-electron chi connectivity index (χ3n) is 4.06. The summed E-state index contributed by atoms with van der Waals surface area (Å²) < 4.78 is 0. The Hall–Kier alpha value is -2.30. The molecular formula is C17H22N2O3. The number of nitrogens with zero attached hydrogens (tertiary/aromatic N) is 1. The Labute approximate surface area is 130 Å². The first kappa shape index (κ1) is 16.1. The maximum atomic E-state index is 11.3. The minimum atomic E-state index is 0.0210. The molecule has 0 aliphatic carbocycles. The quantitative estimate of drug-likeness (QED) is 0.598. The van der Waals surface area contributed by atoms with Gasteiger partial charge in [0.05, 0.1) is 0 Å². The molecule has 2 rings (SSSR count). The van der Waals surface area contributed by atoms with E-state index in [9.17, 15) is 14.7 Å². The SMILES string of the molecule is C=CCc1c(O)ccc2c1C(CCNC(=O)CC)CN2C=O. The third-order valence-corrected chi connectivity index (χ3v) is 4.06. The normalized spacial score (nSPS) is 16.2. The molecule has 0 aromatic heterocycles. The number of carbonyl (C=O) groups is 2. The summed E-state index contributed by atoms with van der Waals surface area (Å²) in [5.74, 6) is 0.362. The second-order valence-corrected chi connectivity index (χ2v) is 5.44. The highest BCUT2D eigenvalue weighted by Gasteiger charge is 2.31. The highest BCUT2D eigenvalue weighted by Crippen LogP contribution is 2.42. The Bertz CT molecular complexity index is 584. The number of carbonyl (C=O) groups excluding carboxylic acids is 2. The molecule has 22 heavy (non-hydrogen) atoms. The number of benzene rings is 1. The average molecular weight is 302 g/mol. The summed E-state index contributed by atoms with van der Waals surface area (Å²) in [6, 6.07) is 3.39. The van der Waals surface area contributed by atoms with Crippen LogP contribution < -0.4 is 10.2 Å². The lowest BCUT2D eigenvalue weighted by molar-refractivity contribution is -0.120. The number of allylic oxidation sites excluding steroid dienone is 1. The van der Waals surface area contributed by atoms with Crippen molar-refractivity contribution in [3.8, 4) is 5.75 Å². The number of anilines is 1. The first-order chi connectivity index (χ1) is 10.6. The maximum Gasteiger partial charge on any atom is 0.219 e. The number of phenols is 1. The average Bonchev–Trinajstić information content (AvgIpc) is 2.88. The van der Waals surface area contributed by atoms with Crippen molar-refractivity contribution >= 4 is 18.0 Å². The fraction of sp³-hybridized carbons (Fsp3) is 0.412. The van der Waals surface area contributed by atoms with E-state index in [4.69, 9.17) is 0 Å². The number of amides is 2. The number of aromatic hydroxyl groups is 1. The largest absolute Gasteiger partial charge is 0.508 e. The highest BCUT2D eigenvalue weighted by atomic mass is 16.3. The Balaban J connectivity index is 2.25. The van der Waals surface area contributed by atoms with E-state index >= 15 is 0 Å². The van der Waals surface area contributed by atoms with Gasteiger partial charge in [0.1, 0.15) is 5.75 Å². The van der Waals surface area contributed by atoms with Crippen molar-refractivity contribution in [2.75, 3.05) is 18.0 Å². The van der Waals surface area contributed by atoms with Crippen LogP contribution in [-0.2, 0) is 16.0 Å². The van der Waals surface area contributed by atoms with E-state index in [-0.39, 0.29) is 17.6 Å². The van der Waals surface area contributed by atoms with Gasteiger partial charge in [-0.15, -0.1) is 6.58 Å². The standard InChI is InChI=1S/C17H22N2O3/c1-3-5-13-15(21)7-6-14-17(13)12(10-19(14)11-20)8-9-18-16(22)4-2/h3,6-7,11-12,21H,1,4-5,8-10H2,2H3,(H,18,22). The highest BCUT2D eigenvalue weighted by molar-refractivity contribution is 5.82. The second-order valence-electron chi connectivity index (χ2n) is 5.44. The number of nitrogens with one attached hydrogen (secondary N) is 1. The van der Waals surface area contributed by atoms with Crippen LogP contribution in [0.3, 0.4) is 0 Å². The van der Waals surface area contributed by atoms with E-state index in [0.29, 0.717) is 25.9 Å². The molecule has 0 bridgehead atoms. The van der Waals surface area contributed by atoms with Gasteiger partial charge in [-0.05, 0) is 30.5 Å². The van der Waals surface area contributed by atoms with E-state index in [2.05, 4.69) is 11.9 Å². The van der Waals surface area contributed by atoms with Crippen LogP contribution >= 0.6 is 0 Å². The molecule has 2 N–H and O–H groups in total. The molecule has 1 aliphatic rings. The summed E-state index contributed by atoms with van der Waals surface area (Å²) in [7, 11) is 0. The lowest BCUT2D eigenvalue weighted by Gasteiger charge is -2.15. The summed E-state index contributed by atoms with van der Waals surface area (Å²) in [6.07, 6.45) is 4.31. The molecule has 1 atom stereocenters. The number of rotatable bonds is 7. The molecule has 1 aliphatic heterocycles. The predicted molar refractivity (Wildman–Crippen MR) is 86.1 cm³/mol. The van der Waals surface area contributed by atoms with E-state index in [1.54, 1.807) is 23.1 Å². The number of hydrogen-bond donors (Lipinski definition) is 2. The van der Waals surface area contributed by atoms with Crippen LogP contribution in [0.25, 0.3) is 0 Å². The Morgan fingerprint density at radius 1 is 1.55 bits per heavy atom. The van der Waals surface area contributed by atoms with Crippen molar-refractivity contribution in [1.82, 2.24) is 5.32 Å². The van der Waals surface area contributed by atoms with Gasteiger partial charge in [0.2, 0.25) is 12.3 Å². The van der Waals surface area contributed by atoms with E-state index in [1.165, 1.54) is 0 Å². The van der Waals surface area contributed by atoms with Crippen LogP contribution in [0, 0.1) is 0 Å². The van der Waals surface area contributed by atoms with Gasteiger partial charge in [0.25, 0.3) is 0 Å². The van der Waals surface area contributed by atoms with E-state index < -0.39 is 0 Å². The zero-order valence-electron chi connectivity index (χ0n) is 12.8. The van der Waals surface area contributed by atoms with Crippen LogP contribution in [0.2, 0.25) is 0 Å². The van der Waals surface area contributed by atoms with Crippen LogP contribution in [0.5, 0.6) is 5.75 Å². The molecule has 2 amide bonds. The fourth-order valence-corrected chi connectivity index (χ4v) is 2.98. The molecule has 0 radical (unpaired) electrons. The molecule has 0 spiro atoms. The molecule has 0 saturated carbocycles. The molecule has 1 heterocycles. The van der Waals surface area contributed by atoms with Gasteiger partial charge in [0.15, 0.2) is 0 Å². The minimum Gasteiger partial charge on any atom is -0.508 e. The third kappa shape index (κ3) is 3.13. The van der Waals surface area contributed by atoms with Gasteiger partial charge in [-0.25, -0.2) is 0 Å². The minimum absolute atomic E-state index is 0.0210. The zero-order valence-corrected chi connectivity index (χ0v) is 12.8. The van der Waals surface area contributed by atoms with Gasteiger partial charge in [-0.1, -0.05) is 13.0 Å². The molecule has 5 heteroatoms. The molecule has 5 nitrogen and oxygen atoms in total. The van der Waals surface area contributed by atoms with Crippen molar-refractivity contribution in [3.05, 3.63) is 35.9 Å². The van der Waals surface area contributed by atoms with Gasteiger partial charge in [0, 0.05) is 36.7 Å². The first-order valence-electron chi connectivity index (χ1n) is 7.56. The molecule has 1 aromatic carbocycles. The topological polar surface area (TPSA) is 69.6 Å². The van der Waals surface area contributed by atoms with Gasteiger partial charge in [-0.3, -0.25) is 9.59 Å². The molecule has 1 aromatic rings. The maximum absolute atomic E-state index is 11.3. The summed E-state index contributed by atoms with van der Waals surface area (Å²) in [6.45, 7) is 6.69. The lowest BCUT2D eigenvalue weighted by atomic mass is 9.91. The summed E-state index contributed by atoms with van der Waals surface area (Å²) >= 11 is 0. The van der Waals surface area contributed by atoms with Crippen molar-refractivity contribution < 1.29 is 14.7 Å². The van der Waals surface area contributed by atoms with Crippen molar-refractivity contribution in [1.29, 1.82) is 0 Å². The molecule has 1 unspecified atom stereocenters. The van der Waals surface area contributed by atoms with Gasteiger partial charge < -0.3 is 15.3 Å². The molecule has 0 fully saturated rings. The summed E-state index contributed by atoms with van der Waals surface area (Å²) in [5, 5.41) is 13.0. The Kier molecular flexibility index (Phi) is 5.20. The Morgan fingerprint density at radius 2 is 2.32 bits per heavy atom. The van der Waals surface area contributed by atoms with Crippen LogP contribution in [-0.4, -0.2) is 30.5 Å².